The molecule has 1 N–H and O–H groups in total. The van der Waals surface area contributed by atoms with Crippen LogP contribution in [0.5, 0.6) is 0 Å². The number of likely N-dealkylation sites (N-methyl/N-ethyl adjacent to an activating group) is 1. The van der Waals surface area contributed by atoms with Crippen LogP contribution in [0, 0.1) is 5.92 Å². The molecule has 5 rings (SSSR count). The maximum absolute atomic E-state index is 13.8. The predicted octanol–water partition coefficient (Wildman–Crippen LogP) is 3.65. The minimum Gasteiger partial charge on any atom is -0.324 e. The fourth-order valence-electron chi connectivity index (χ4n) is 5.26. The second kappa shape index (κ2) is 10.1. The fraction of sp³-hybridized carbons (Fsp3) is 0.500. The van der Waals surface area contributed by atoms with E-state index >= 15 is 0 Å². The number of amides is 3. The minimum atomic E-state index is -0.223. The summed E-state index contributed by atoms with van der Waals surface area (Å²) >= 11 is 0. The monoisotopic (exact) mass is 462 g/mol. The zero-order valence-electron chi connectivity index (χ0n) is 19.9. The number of aromatic nitrogens is 1. The number of anilines is 3. The van der Waals surface area contributed by atoms with Gasteiger partial charge in [-0.1, -0.05) is 12.1 Å². The first-order valence-electron chi connectivity index (χ1n) is 12.5. The molecule has 0 saturated carbocycles. The van der Waals surface area contributed by atoms with Gasteiger partial charge < -0.3 is 20.0 Å². The van der Waals surface area contributed by atoms with E-state index in [1.165, 1.54) is 45.6 Å². The number of piperazine rings is 1. The van der Waals surface area contributed by atoms with Crippen LogP contribution in [0.3, 0.4) is 0 Å². The van der Waals surface area contributed by atoms with E-state index in [2.05, 4.69) is 27.1 Å². The molecule has 3 aliphatic rings. The van der Waals surface area contributed by atoms with Crippen LogP contribution in [0.15, 0.2) is 42.6 Å². The van der Waals surface area contributed by atoms with E-state index in [4.69, 9.17) is 0 Å². The number of nitrogens with one attached hydrogen (secondary N) is 1. The molecule has 2 saturated heterocycles. The molecule has 3 aliphatic heterocycles. The number of hydrogen-bond donors (Lipinski definition) is 1. The van der Waals surface area contributed by atoms with Gasteiger partial charge in [-0.25, -0.2) is 14.7 Å². The van der Waals surface area contributed by atoms with Crippen LogP contribution in [0.4, 0.5) is 22.0 Å². The Morgan fingerprint density at radius 3 is 2.59 bits per heavy atom. The van der Waals surface area contributed by atoms with Crippen molar-refractivity contribution in [1.29, 1.82) is 0 Å². The Balaban J connectivity index is 1.23. The molecule has 0 atom stereocenters. The van der Waals surface area contributed by atoms with Crippen molar-refractivity contribution in [2.24, 2.45) is 5.92 Å². The SMILES string of the molecule is CN1CCN(CCCC2CCN(C(=O)N3c4ccccc4C(=O)Nc4cccnc43)CC2)CC1. The standard InChI is InChI=1S/C26H34N6O2/c1-29-16-18-30(19-17-29)13-5-6-20-10-14-31(15-11-20)26(34)32-23-9-3-2-7-21(23)25(33)28-22-8-4-12-27-24(22)32/h2-4,7-9,12,20H,5-6,10-11,13-19H2,1H3,(H,28,33). The summed E-state index contributed by atoms with van der Waals surface area (Å²) in [5.74, 6) is 0.917. The summed E-state index contributed by atoms with van der Waals surface area (Å²) in [6.07, 6.45) is 6.16. The van der Waals surface area contributed by atoms with E-state index in [1.54, 1.807) is 29.3 Å². The molecule has 8 nitrogen and oxygen atoms in total. The van der Waals surface area contributed by atoms with Gasteiger partial charge in [-0.2, -0.15) is 0 Å². The van der Waals surface area contributed by atoms with Crippen LogP contribution in [0.25, 0.3) is 0 Å². The van der Waals surface area contributed by atoms with Crippen molar-refractivity contribution in [1.82, 2.24) is 19.7 Å². The first kappa shape index (κ1) is 22.8. The van der Waals surface area contributed by atoms with E-state index < -0.39 is 0 Å². The molecule has 0 radical (unpaired) electrons. The molecule has 1 aromatic heterocycles. The van der Waals surface area contributed by atoms with Gasteiger partial charge in [0.25, 0.3) is 5.91 Å². The molecule has 180 valence electrons. The molecule has 4 heterocycles. The number of pyridine rings is 1. The van der Waals surface area contributed by atoms with Gasteiger partial charge in [0.15, 0.2) is 5.82 Å². The topological polar surface area (TPSA) is 72.0 Å². The van der Waals surface area contributed by atoms with Crippen molar-refractivity contribution in [2.75, 3.05) is 63.1 Å². The van der Waals surface area contributed by atoms with Crippen molar-refractivity contribution in [3.05, 3.63) is 48.2 Å². The Morgan fingerprint density at radius 2 is 1.79 bits per heavy atom. The van der Waals surface area contributed by atoms with Crippen molar-refractivity contribution in [3.63, 3.8) is 0 Å². The quantitative estimate of drug-likeness (QED) is 0.751. The zero-order chi connectivity index (χ0) is 23.5. The normalized spacial score (nSPS) is 19.9. The molecule has 34 heavy (non-hydrogen) atoms. The lowest BCUT2D eigenvalue weighted by Gasteiger charge is -2.36. The summed E-state index contributed by atoms with van der Waals surface area (Å²) in [6.45, 7) is 7.33. The van der Waals surface area contributed by atoms with Crippen LogP contribution < -0.4 is 10.2 Å². The van der Waals surface area contributed by atoms with Crippen molar-refractivity contribution in [3.8, 4) is 0 Å². The Morgan fingerprint density at radius 1 is 1.03 bits per heavy atom. The number of carbonyl (C=O) groups is 2. The fourth-order valence-corrected chi connectivity index (χ4v) is 5.26. The van der Waals surface area contributed by atoms with Gasteiger partial charge in [-0.3, -0.25) is 4.79 Å². The van der Waals surface area contributed by atoms with E-state index in [9.17, 15) is 9.59 Å². The molecule has 0 unspecified atom stereocenters. The molecule has 8 heteroatoms. The summed E-state index contributed by atoms with van der Waals surface area (Å²) in [5, 5.41) is 2.91. The van der Waals surface area contributed by atoms with Crippen LogP contribution in [0.1, 0.15) is 36.0 Å². The lowest BCUT2D eigenvalue weighted by Crippen LogP contribution is -2.46. The molecule has 0 spiro atoms. The first-order valence-corrected chi connectivity index (χ1v) is 12.5. The second-order valence-electron chi connectivity index (χ2n) is 9.68. The van der Waals surface area contributed by atoms with Gasteiger partial charge in [0.1, 0.15) is 0 Å². The number of rotatable bonds is 4. The van der Waals surface area contributed by atoms with Crippen molar-refractivity contribution >= 4 is 29.1 Å². The summed E-state index contributed by atoms with van der Waals surface area (Å²) in [7, 11) is 2.19. The Hall–Kier alpha value is -2.97. The summed E-state index contributed by atoms with van der Waals surface area (Å²) in [4.78, 5) is 39.5. The lowest BCUT2D eigenvalue weighted by molar-refractivity contribution is 0.102. The highest BCUT2D eigenvalue weighted by molar-refractivity contribution is 6.16. The average molecular weight is 463 g/mol. The zero-order valence-corrected chi connectivity index (χ0v) is 19.9. The maximum Gasteiger partial charge on any atom is 0.330 e. The number of likely N-dealkylation sites (tertiary alicyclic amines) is 1. The third kappa shape index (κ3) is 4.79. The van der Waals surface area contributed by atoms with E-state index in [-0.39, 0.29) is 11.9 Å². The Kier molecular flexibility index (Phi) is 6.78. The number of benzene rings is 1. The molecule has 2 aromatic rings. The van der Waals surface area contributed by atoms with Gasteiger partial charge in [-0.05, 0) is 69.5 Å². The van der Waals surface area contributed by atoms with Crippen molar-refractivity contribution < 1.29 is 9.59 Å². The lowest BCUT2D eigenvalue weighted by atomic mass is 9.92. The maximum atomic E-state index is 13.8. The second-order valence-corrected chi connectivity index (χ2v) is 9.68. The molecule has 1 aromatic carbocycles. The number of fused-ring (bicyclic) bond motifs is 2. The number of para-hydroxylation sites is 1. The van der Waals surface area contributed by atoms with Crippen LogP contribution in [-0.4, -0.2) is 84.5 Å². The first-order chi connectivity index (χ1) is 16.6. The molecule has 3 amide bonds. The number of piperidine rings is 1. The largest absolute Gasteiger partial charge is 0.330 e. The third-order valence-electron chi connectivity index (χ3n) is 7.40. The summed E-state index contributed by atoms with van der Waals surface area (Å²) in [5.41, 5.74) is 1.61. The van der Waals surface area contributed by atoms with Gasteiger partial charge in [0.2, 0.25) is 0 Å². The number of carbonyl (C=O) groups excluding carboxylic acids is 2. The van der Waals surface area contributed by atoms with Gasteiger partial charge in [0, 0.05) is 45.5 Å². The number of urea groups is 1. The van der Waals surface area contributed by atoms with Gasteiger partial charge >= 0.3 is 6.03 Å². The molecule has 0 bridgehead atoms. The highest BCUT2D eigenvalue weighted by atomic mass is 16.2. The molecular weight excluding hydrogens is 428 g/mol. The van der Waals surface area contributed by atoms with Gasteiger partial charge in [-0.15, -0.1) is 0 Å². The van der Waals surface area contributed by atoms with Gasteiger partial charge in [0.05, 0.1) is 16.9 Å². The number of nitrogens with zero attached hydrogens (tertiary/aromatic N) is 5. The highest BCUT2D eigenvalue weighted by Crippen LogP contribution is 2.37. The Bertz CT molecular complexity index is 1030. The van der Waals surface area contributed by atoms with Crippen LogP contribution in [-0.2, 0) is 0 Å². The Labute approximate surface area is 201 Å². The van der Waals surface area contributed by atoms with E-state index in [1.807, 2.05) is 23.1 Å². The number of hydrogen-bond acceptors (Lipinski definition) is 5. The summed E-state index contributed by atoms with van der Waals surface area (Å²) < 4.78 is 0. The molecular formula is C26H34N6O2. The van der Waals surface area contributed by atoms with E-state index in [0.717, 1.165) is 25.9 Å². The third-order valence-corrected chi connectivity index (χ3v) is 7.40. The summed E-state index contributed by atoms with van der Waals surface area (Å²) in [6, 6.07) is 10.7. The smallest absolute Gasteiger partial charge is 0.324 e. The minimum absolute atomic E-state index is 0.111. The van der Waals surface area contributed by atoms with E-state index in [0.29, 0.717) is 28.7 Å². The molecule has 0 aliphatic carbocycles. The average Bonchev–Trinajstić information content (AvgIpc) is 2.99. The van der Waals surface area contributed by atoms with Crippen LogP contribution in [0.2, 0.25) is 0 Å². The molecule has 2 fully saturated rings. The van der Waals surface area contributed by atoms with Crippen molar-refractivity contribution in [2.45, 2.75) is 25.7 Å². The highest BCUT2D eigenvalue weighted by Gasteiger charge is 2.34. The van der Waals surface area contributed by atoms with Crippen LogP contribution >= 0.6 is 0 Å². The predicted molar refractivity (Wildman–Crippen MR) is 134 cm³/mol.